The van der Waals surface area contributed by atoms with Gasteiger partial charge in [-0.2, -0.15) is 0 Å². The van der Waals surface area contributed by atoms with Crippen LogP contribution in [-0.2, 0) is 6.42 Å². The molecule has 20 heavy (non-hydrogen) atoms. The molecule has 1 aromatic rings. The molecule has 0 saturated carbocycles. The molecule has 3 nitrogen and oxygen atoms in total. The first-order valence-electron chi connectivity index (χ1n) is 7.32. The van der Waals surface area contributed by atoms with Crippen molar-refractivity contribution in [3.05, 3.63) is 29.3 Å². The van der Waals surface area contributed by atoms with E-state index in [1.54, 1.807) is 19.9 Å². The highest BCUT2D eigenvalue weighted by atomic mass is 16.3. The van der Waals surface area contributed by atoms with Gasteiger partial charge in [0.25, 0.3) is 0 Å². The minimum atomic E-state index is -0.711. The van der Waals surface area contributed by atoms with Gasteiger partial charge >= 0.3 is 0 Å². The zero-order chi connectivity index (χ0) is 15.4. The topological polar surface area (TPSA) is 60.7 Å². The van der Waals surface area contributed by atoms with Gasteiger partial charge < -0.3 is 15.3 Å². The summed E-state index contributed by atoms with van der Waals surface area (Å²) in [6.07, 6.45) is 3.67. The average Bonchev–Trinajstić information content (AvgIpc) is 2.29. The summed E-state index contributed by atoms with van der Waals surface area (Å²) < 4.78 is 0. The van der Waals surface area contributed by atoms with Crippen LogP contribution in [-0.4, -0.2) is 26.5 Å². The highest BCUT2D eigenvalue weighted by Crippen LogP contribution is 2.24. The summed E-state index contributed by atoms with van der Waals surface area (Å²) in [4.78, 5) is 0. The van der Waals surface area contributed by atoms with Crippen LogP contribution in [0.15, 0.2) is 18.2 Å². The standard InChI is InChI=1S/C17H28O3/c1-13-12-14(6-7-15(13)18)8-11-17(4,20)10-5-9-16(2,3)19/h6-7,12,18-20H,5,8-11H2,1-4H3. The lowest BCUT2D eigenvalue weighted by Gasteiger charge is -2.25. The van der Waals surface area contributed by atoms with Crippen LogP contribution >= 0.6 is 0 Å². The van der Waals surface area contributed by atoms with Crippen molar-refractivity contribution in [3.8, 4) is 5.75 Å². The summed E-state index contributed by atoms with van der Waals surface area (Å²) >= 11 is 0. The Bertz CT molecular complexity index is 430. The molecule has 0 spiro atoms. The van der Waals surface area contributed by atoms with Crippen LogP contribution in [0.25, 0.3) is 0 Å². The molecule has 1 unspecified atom stereocenters. The monoisotopic (exact) mass is 280 g/mol. The third kappa shape index (κ3) is 6.40. The molecule has 0 amide bonds. The second-order valence-corrected chi connectivity index (χ2v) is 6.78. The minimum absolute atomic E-state index is 0.311. The van der Waals surface area contributed by atoms with E-state index in [4.69, 9.17) is 0 Å². The third-order valence-electron chi connectivity index (χ3n) is 3.72. The van der Waals surface area contributed by atoms with Gasteiger partial charge in [-0.3, -0.25) is 0 Å². The van der Waals surface area contributed by atoms with E-state index >= 15 is 0 Å². The zero-order valence-electron chi connectivity index (χ0n) is 13.1. The van der Waals surface area contributed by atoms with Crippen LogP contribution in [0.5, 0.6) is 5.75 Å². The first kappa shape index (κ1) is 17.0. The lowest BCUT2D eigenvalue weighted by molar-refractivity contribution is 0.0241. The normalized spacial score (nSPS) is 15.1. The summed E-state index contributed by atoms with van der Waals surface area (Å²) in [5.41, 5.74) is 0.619. The van der Waals surface area contributed by atoms with E-state index in [2.05, 4.69) is 0 Å². The van der Waals surface area contributed by atoms with Crippen molar-refractivity contribution in [3.63, 3.8) is 0 Å². The Morgan fingerprint density at radius 1 is 1.00 bits per heavy atom. The maximum Gasteiger partial charge on any atom is 0.118 e. The van der Waals surface area contributed by atoms with Gasteiger partial charge in [-0.25, -0.2) is 0 Å². The van der Waals surface area contributed by atoms with Crippen molar-refractivity contribution in [1.29, 1.82) is 0 Å². The lowest BCUT2D eigenvalue weighted by atomic mass is 9.89. The highest BCUT2D eigenvalue weighted by molar-refractivity contribution is 5.35. The molecule has 0 aliphatic rings. The van der Waals surface area contributed by atoms with E-state index in [-0.39, 0.29) is 0 Å². The second kappa shape index (κ2) is 6.59. The van der Waals surface area contributed by atoms with E-state index in [1.807, 2.05) is 26.0 Å². The quantitative estimate of drug-likeness (QED) is 0.718. The van der Waals surface area contributed by atoms with Crippen molar-refractivity contribution in [2.45, 2.75) is 71.0 Å². The molecule has 1 aromatic carbocycles. The number of benzene rings is 1. The number of hydrogen-bond donors (Lipinski definition) is 3. The molecule has 3 heteroatoms. The van der Waals surface area contributed by atoms with Crippen molar-refractivity contribution in [1.82, 2.24) is 0 Å². The summed E-state index contributed by atoms with van der Waals surface area (Å²) in [6.45, 7) is 7.31. The molecule has 1 atom stereocenters. The Kier molecular flexibility index (Phi) is 5.60. The molecule has 0 aliphatic carbocycles. The van der Waals surface area contributed by atoms with Crippen molar-refractivity contribution in [2.75, 3.05) is 0 Å². The predicted octanol–water partition coefficient (Wildman–Crippen LogP) is 3.33. The zero-order valence-corrected chi connectivity index (χ0v) is 13.1. The van der Waals surface area contributed by atoms with Crippen molar-refractivity contribution in [2.24, 2.45) is 0 Å². The van der Waals surface area contributed by atoms with Crippen molar-refractivity contribution >= 4 is 0 Å². The van der Waals surface area contributed by atoms with E-state index in [1.165, 1.54) is 0 Å². The highest BCUT2D eigenvalue weighted by Gasteiger charge is 2.21. The lowest BCUT2D eigenvalue weighted by Crippen LogP contribution is -2.26. The molecule has 0 aromatic heterocycles. The van der Waals surface area contributed by atoms with E-state index in [9.17, 15) is 15.3 Å². The Hall–Kier alpha value is -1.06. The fourth-order valence-corrected chi connectivity index (χ4v) is 2.31. The molecule has 0 saturated heterocycles. The van der Waals surface area contributed by atoms with Gasteiger partial charge in [0, 0.05) is 0 Å². The Labute approximate surface area is 122 Å². The summed E-state index contributed by atoms with van der Waals surface area (Å²) in [6, 6.07) is 5.56. The second-order valence-electron chi connectivity index (χ2n) is 6.78. The van der Waals surface area contributed by atoms with Crippen LogP contribution < -0.4 is 0 Å². The Morgan fingerprint density at radius 2 is 1.65 bits per heavy atom. The number of hydrogen-bond acceptors (Lipinski definition) is 3. The van der Waals surface area contributed by atoms with E-state index < -0.39 is 11.2 Å². The summed E-state index contributed by atoms with van der Waals surface area (Å²) in [5, 5.41) is 29.5. The number of aromatic hydroxyl groups is 1. The van der Waals surface area contributed by atoms with Gasteiger partial charge in [-0.1, -0.05) is 12.1 Å². The van der Waals surface area contributed by atoms with E-state index in [0.717, 1.165) is 24.0 Å². The summed E-state index contributed by atoms with van der Waals surface area (Å²) in [5.74, 6) is 0.311. The smallest absolute Gasteiger partial charge is 0.118 e. The molecular formula is C17H28O3. The Morgan fingerprint density at radius 3 is 2.20 bits per heavy atom. The van der Waals surface area contributed by atoms with E-state index in [0.29, 0.717) is 25.0 Å². The molecule has 0 radical (unpaired) electrons. The van der Waals surface area contributed by atoms with Gasteiger partial charge in [0.15, 0.2) is 0 Å². The molecule has 0 aliphatic heterocycles. The van der Waals surface area contributed by atoms with Crippen LogP contribution in [0.3, 0.4) is 0 Å². The van der Waals surface area contributed by atoms with Crippen LogP contribution in [0.1, 0.15) is 57.6 Å². The largest absolute Gasteiger partial charge is 0.508 e. The number of phenolic OH excluding ortho intramolecular Hbond substituents is 1. The fraction of sp³-hybridized carbons (Fsp3) is 0.647. The van der Waals surface area contributed by atoms with Crippen LogP contribution in [0.4, 0.5) is 0 Å². The maximum absolute atomic E-state index is 10.4. The molecule has 0 bridgehead atoms. The molecular weight excluding hydrogens is 252 g/mol. The first-order valence-corrected chi connectivity index (χ1v) is 7.32. The SMILES string of the molecule is Cc1cc(CCC(C)(O)CCCC(C)(C)O)ccc1O. The van der Waals surface area contributed by atoms with Gasteiger partial charge in [-0.15, -0.1) is 0 Å². The number of aliphatic hydroxyl groups is 2. The maximum atomic E-state index is 10.4. The van der Waals surface area contributed by atoms with Crippen LogP contribution in [0.2, 0.25) is 0 Å². The molecule has 1 rings (SSSR count). The number of phenols is 1. The van der Waals surface area contributed by atoms with Gasteiger partial charge in [0.2, 0.25) is 0 Å². The van der Waals surface area contributed by atoms with Crippen LogP contribution in [0, 0.1) is 6.92 Å². The van der Waals surface area contributed by atoms with Crippen molar-refractivity contribution < 1.29 is 15.3 Å². The number of aryl methyl sites for hydroxylation is 2. The first-order chi connectivity index (χ1) is 9.09. The predicted molar refractivity (Wildman–Crippen MR) is 81.9 cm³/mol. The third-order valence-corrected chi connectivity index (χ3v) is 3.72. The molecule has 0 fully saturated rings. The van der Waals surface area contributed by atoms with Gasteiger partial charge in [-0.05, 0) is 77.0 Å². The molecule has 3 N–H and O–H groups in total. The summed E-state index contributed by atoms with van der Waals surface area (Å²) in [7, 11) is 0. The number of rotatable bonds is 7. The van der Waals surface area contributed by atoms with Gasteiger partial charge in [0.1, 0.15) is 5.75 Å². The Balaban J connectivity index is 2.44. The molecule has 0 heterocycles. The molecule has 114 valence electrons. The average molecular weight is 280 g/mol. The minimum Gasteiger partial charge on any atom is -0.508 e. The fourth-order valence-electron chi connectivity index (χ4n) is 2.31. The van der Waals surface area contributed by atoms with Gasteiger partial charge in [0.05, 0.1) is 11.2 Å².